The molecule has 0 amide bonds. The maximum atomic E-state index is 12.2. The Labute approximate surface area is 182 Å². The number of aryl methyl sites for hydroxylation is 1. The molecule has 2 N–H and O–H groups in total. The van der Waals surface area contributed by atoms with Gasteiger partial charge in [-0.05, 0) is 43.2 Å². The van der Waals surface area contributed by atoms with E-state index in [1.807, 2.05) is 43.3 Å². The number of rotatable bonds is 9. The lowest BCUT2D eigenvalue weighted by Gasteiger charge is -2.10. The molecule has 31 heavy (non-hydrogen) atoms. The first-order valence-electron chi connectivity index (χ1n) is 9.61. The van der Waals surface area contributed by atoms with Gasteiger partial charge in [0, 0.05) is 18.2 Å². The third-order valence-electron chi connectivity index (χ3n) is 4.47. The van der Waals surface area contributed by atoms with Crippen LogP contribution in [0.1, 0.15) is 11.4 Å². The Morgan fingerprint density at radius 1 is 1.10 bits per heavy atom. The summed E-state index contributed by atoms with van der Waals surface area (Å²) < 4.78 is 31.9. The molecule has 3 rings (SSSR count). The Morgan fingerprint density at radius 3 is 2.68 bits per heavy atom. The minimum Gasteiger partial charge on any atom is -0.497 e. The molecule has 2 aromatic carbocycles. The van der Waals surface area contributed by atoms with Gasteiger partial charge in [-0.15, -0.1) is 0 Å². The van der Waals surface area contributed by atoms with Crippen LogP contribution in [0.4, 0.5) is 5.82 Å². The predicted octanol–water partition coefficient (Wildman–Crippen LogP) is 2.92. The average molecular weight is 438 g/mol. The number of hydrogen-bond donors (Lipinski definition) is 2. The standard InChI is InChI=1S/C22H23N5O3S/c1-16-26-21(18-6-4-7-19(14-18)30-2)15-22(27-16)24-11-9-17-5-3-8-20(13-17)31(28,29)25-12-10-23/h3-8,13-15,25H,9,11-12H2,1-2H3,(H,24,26,27). The van der Waals surface area contributed by atoms with Crippen molar-refractivity contribution in [2.24, 2.45) is 0 Å². The van der Waals surface area contributed by atoms with Crippen LogP contribution in [0, 0.1) is 18.3 Å². The molecule has 0 unspecified atom stereocenters. The highest BCUT2D eigenvalue weighted by Gasteiger charge is 2.13. The minimum absolute atomic E-state index is 0.137. The van der Waals surface area contributed by atoms with Crippen LogP contribution in [-0.2, 0) is 16.4 Å². The van der Waals surface area contributed by atoms with E-state index < -0.39 is 10.0 Å². The van der Waals surface area contributed by atoms with Gasteiger partial charge in [-0.3, -0.25) is 0 Å². The van der Waals surface area contributed by atoms with Gasteiger partial charge in [-0.25, -0.2) is 18.4 Å². The fourth-order valence-corrected chi connectivity index (χ4v) is 3.99. The van der Waals surface area contributed by atoms with E-state index in [-0.39, 0.29) is 11.4 Å². The molecule has 160 valence electrons. The summed E-state index contributed by atoms with van der Waals surface area (Å²) in [6, 6.07) is 18.0. The predicted molar refractivity (Wildman–Crippen MR) is 118 cm³/mol. The molecule has 9 heteroatoms. The molecular weight excluding hydrogens is 414 g/mol. The SMILES string of the molecule is COc1cccc(-c2cc(NCCc3cccc(S(=O)(=O)NCC#N)c3)nc(C)n2)c1. The second kappa shape index (κ2) is 10.0. The quantitative estimate of drug-likeness (QED) is 0.494. The van der Waals surface area contributed by atoms with Crippen LogP contribution in [0.15, 0.2) is 59.5 Å². The van der Waals surface area contributed by atoms with Gasteiger partial charge in [0.25, 0.3) is 0 Å². The Bertz CT molecular complexity index is 1210. The van der Waals surface area contributed by atoms with Gasteiger partial charge < -0.3 is 10.1 Å². The lowest BCUT2D eigenvalue weighted by atomic mass is 10.1. The van der Waals surface area contributed by atoms with Crippen molar-refractivity contribution in [3.8, 4) is 23.1 Å². The van der Waals surface area contributed by atoms with E-state index in [9.17, 15) is 8.42 Å². The van der Waals surface area contributed by atoms with Crippen molar-refractivity contribution < 1.29 is 13.2 Å². The number of nitriles is 1. The highest BCUT2D eigenvalue weighted by Crippen LogP contribution is 2.24. The number of anilines is 1. The van der Waals surface area contributed by atoms with Crippen molar-refractivity contribution in [2.45, 2.75) is 18.2 Å². The fourth-order valence-electron chi connectivity index (χ4n) is 3.00. The van der Waals surface area contributed by atoms with Gasteiger partial charge in [0.2, 0.25) is 10.0 Å². The van der Waals surface area contributed by atoms with Gasteiger partial charge in [0.15, 0.2) is 0 Å². The summed E-state index contributed by atoms with van der Waals surface area (Å²) in [7, 11) is -2.07. The van der Waals surface area contributed by atoms with Crippen molar-refractivity contribution in [3.63, 3.8) is 0 Å². The normalized spacial score (nSPS) is 11.0. The molecular formula is C22H23N5O3S. The zero-order valence-corrected chi connectivity index (χ0v) is 18.1. The highest BCUT2D eigenvalue weighted by molar-refractivity contribution is 7.89. The molecule has 0 fully saturated rings. The highest BCUT2D eigenvalue weighted by atomic mass is 32.2. The monoisotopic (exact) mass is 437 g/mol. The Kier molecular flexibility index (Phi) is 7.18. The van der Waals surface area contributed by atoms with Crippen LogP contribution in [0.3, 0.4) is 0 Å². The Hall–Kier alpha value is -3.48. The van der Waals surface area contributed by atoms with Gasteiger partial charge in [-0.2, -0.15) is 9.98 Å². The lowest BCUT2D eigenvalue weighted by molar-refractivity contribution is 0.415. The molecule has 0 aliphatic heterocycles. The topological polar surface area (TPSA) is 117 Å². The smallest absolute Gasteiger partial charge is 0.241 e. The summed E-state index contributed by atoms with van der Waals surface area (Å²) in [4.78, 5) is 9.08. The van der Waals surface area contributed by atoms with Gasteiger partial charge >= 0.3 is 0 Å². The first kappa shape index (κ1) is 22.2. The summed E-state index contributed by atoms with van der Waals surface area (Å²) in [6.45, 7) is 2.12. The molecule has 3 aromatic rings. The lowest BCUT2D eigenvalue weighted by Crippen LogP contribution is -2.24. The molecule has 0 aliphatic carbocycles. The third-order valence-corrected chi connectivity index (χ3v) is 5.87. The number of aromatic nitrogens is 2. The second-order valence-electron chi connectivity index (χ2n) is 6.72. The van der Waals surface area contributed by atoms with E-state index in [0.717, 1.165) is 22.6 Å². The van der Waals surface area contributed by atoms with E-state index in [2.05, 4.69) is 20.0 Å². The maximum absolute atomic E-state index is 12.2. The molecule has 0 spiro atoms. The number of methoxy groups -OCH3 is 1. The maximum Gasteiger partial charge on any atom is 0.241 e. The molecule has 1 aromatic heterocycles. The molecule has 0 radical (unpaired) electrons. The molecule has 0 atom stereocenters. The zero-order chi connectivity index (χ0) is 22.3. The zero-order valence-electron chi connectivity index (χ0n) is 17.3. The summed E-state index contributed by atoms with van der Waals surface area (Å²) >= 11 is 0. The van der Waals surface area contributed by atoms with Gasteiger partial charge in [0.1, 0.15) is 17.4 Å². The molecule has 8 nitrogen and oxygen atoms in total. The minimum atomic E-state index is -3.69. The molecule has 0 saturated heterocycles. The summed E-state index contributed by atoms with van der Waals surface area (Å²) in [5, 5.41) is 11.9. The van der Waals surface area contributed by atoms with E-state index in [1.54, 1.807) is 25.3 Å². The first-order valence-corrected chi connectivity index (χ1v) is 11.1. The summed E-state index contributed by atoms with van der Waals surface area (Å²) in [6.07, 6.45) is 0.596. The van der Waals surface area contributed by atoms with Gasteiger partial charge in [-0.1, -0.05) is 24.3 Å². The number of ether oxygens (including phenoxy) is 1. The van der Waals surface area contributed by atoms with E-state index in [4.69, 9.17) is 10.00 Å². The van der Waals surface area contributed by atoms with E-state index in [1.165, 1.54) is 6.07 Å². The van der Waals surface area contributed by atoms with Crippen LogP contribution >= 0.6 is 0 Å². The number of sulfonamides is 1. The van der Waals surface area contributed by atoms with Crippen LogP contribution in [0.25, 0.3) is 11.3 Å². The van der Waals surface area contributed by atoms with Crippen molar-refractivity contribution >= 4 is 15.8 Å². The fraction of sp³-hybridized carbons (Fsp3) is 0.227. The average Bonchev–Trinajstić information content (AvgIpc) is 2.77. The van der Waals surface area contributed by atoms with Crippen LogP contribution in [0.2, 0.25) is 0 Å². The second-order valence-corrected chi connectivity index (χ2v) is 8.49. The number of hydrogen-bond acceptors (Lipinski definition) is 7. The molecule has 1 heterocycles. The molecule has 0 bridgehead atoms. The van der Waals surface area contributed by atoms with Crippen molar-refractivity contribution in [3.05, 3.63) is 66.0 Å². The summed E-state index contributed by atoms with van der Waals surface area (Å²) in [5.41, 5.74) is 2.56. The molecule has 0 saturated carbocycles. The van der Waals surface area contributed by atoms with Crippen LogP contribution in [-0.4, -0.2) is 38.6 Å². The molecule has 0 aliphatic rings. The van der Waals surface area contributed by atoms with E-state index in [0.29, 0.717) is 24.6 Å². The number of nitrogens with zero attached hydrogens (tertiary/aromatic N) is 3. The first-order chi connectivity index (χ1) is 14.9. The van der Waals surface area contributed by atoms with Crippen molar-refractivity contribution in [1.29, 1.82) is 5.26 Å². The van der Waals surface area contributed by atoms with Crippen molar-refractivity contribution in [1.82, 2.24) is 14.7 Å². The van der Waals surface area contributed by atoms with Crippen LogP contribution in [0.5, 0.6) is 5.75 Å². The van der Waals surface area contributed by atoms with Crippen LogP contribution < -0.4 is 14.8 Å². The number of nitrogens with one attached hydrogen (secondary N) is 2. The summed E-state index contributed by atoms with van der Waals surface area (Å²) in [5.74, 6) is 2.08. The van der Waals surface area contributed by atoms with E-state index >= 15 is 0 Å². The van der Waals surface area contributed by atoms with Crippen molar-refractivity contribution in [2.75, 3.05) is 25.5 Å². The van der Waals surface area contributed by atoms with Gasteiger partial charge in [0.05, 0.1) is 30.3 Å². The Balaban J connectivity index is 1.69. The Morgan fingerprint density at radius 2 is 1.90 bits per heavy atom. The largest absolute Gasteiger partial charge is 0.497 e. The number of benzene rings is 2. The third kappa shape index (κ3) is 6.01.